The maximum atomic E-state index is 11.9. The maximum absolute atomic E-state index is 11.9. The monoisotopic (exact) mass is 373 g/mol. The minimum atomic E-state index is -0.572. The smallest absolute Gasteiger partial charge is 0.412 e. The third-order valence-corrected chi connectivity index (χ3v) is 3.82. The van der Waals surface area contributed by atoms with Gasteiger partial charge in [-0.15, -0.1) is 11.3 Å². The Labute approximate surface area is 155 Å². The van der Waals surface area contributed by atoms with E-state index in [1.165, 1.54) is 11.3 Å². The summed E-state index contributed by atoms with van der Waals surface area (Å²) < 4.78 is 5.19. The highest BCUT2D eigenvalue weighted by Crippen LogP contribution is 2.25. The highest BCUT2D eigenvalue weighted by atomic mass is 32.1. The van der Waals surface area contributed by atoms with Gasteiger partial charge in [0.05, 0.1) is 5.70 Å². The second-order valence-electron chi connectivity index (χ2n) is 6.34. The van der Waals surface area contributed by atoms with Crippen molar-refractivity contribution in [3.63, 3.8) is 0 Å². The molecule has 26 heavy (non-hydrogen) atoms. The van der Waals surface area contributed by atoms with Gasteiger partial charge in [0, 0.05) is 16.6 Å². The number of hydrogen-bond donors (Lipinski definition) is 2. The number of carbonyl (C=O) groups is 3. The fraction of sp³-hybridized carbons (Fsp3) is 0.222. The number of aromatic nitrogens is 1. The molecule has 0 saturated heterocycles. The molecule has 2 rings (SSSR count). The van der Waals surface area contributed by atoms with Crippen LogP contribution in [0.2, 0.25) is 0 Å². The van der Waals surface area contributed by atoms with Crippen LogP contribution in [0.4, 0.5) is 10.5 Å². The van der Waals surface area contributed by atoms with E-state index in [9.17, 15) is 14.4 Å². The lowest BCUT2D eigenvalue weighted by molar-refractivity contribution is -0.105. The van der Waals surface area contributed by atoms with Crippen molar-refractivity contribution < 1.29 is 19.1 Å². The molecule has 0 aliphatic carbocycles. The first-order valence-corrected chi connectivity index (χ1v) is 8.57. The molecule has 0 radical (unpaired) electrons. The van der Waals surface area contributed by atoms with Crippen LogP contribution in [0.1, 0.15) is 31.3 Å². The molecule has 0 fully saturated rings. The zero-order valence-electron chi connectivity index (χ0n) is 14.7. The summed E-state index contributed by atoms with van der Waals surface area (Å²) in [6.07, 6.45) is -0.0736. The summed E-state index contributed by atoms with van der Waals surface area (Å²) in [6, 6.07) is 6.98. The largest absolute Gasteiger partial charge is 0.444 e. The van der Waals surface area contributed by atoms with Crippen molar-refractivity contribution >= 4 is 35.3 Å². The third-order valence-electron chi connectivity index (χ3n) is 2.93. The summed E-state index contributed by atoms with van der Waals surface area (Å²) in [5, 5.41) is 7.21. The van der Waals surface area contributed by atoms with Gasteiger partial charge >= 0.3 is 6.09 Å². The van der Waals surface area contributed by atoms with Crippen molar-refractivity contribution in [2.75, 3.05) is 5.32 Å². The zero-order valence-corrected chi connectivity index (χ0v) is 15.5. The summed E-state index contributed by atoms with van der Waals surface area (Å²) >= 11 is 1.29. The van der Waals surface area contributed by atoms with Crippen LogP contribution in [0.15, 0.2) is 41.9 Å². The molecule has 2 aromatic rings. The Morgan fingerprint density at radius 1 is 1.23 bits per heavy atom. The average Bonchev–Trinajstić information content (AvgIpc) is 3.03. The first-order chi connectivity index (χ1) is 12.2. The summed E-state index contributed by atoms with van der Waals surface area (Å²) in [5.41, 5.74) is 0.973. The number of benzene rings is 1. The maximum Gasteiger partial charge on any atom is 0.412 e. The molecule has 0 aliphatic heterocycles. The Balaban J connectivity index is 2.05. The Hall–Kier alpha value is -3.00. The van der Waals surface area contributed by atoms with Crippen LogP contribution in [0, 0.1) is 0 Å². The van der Waals surface area contributed by atoms with Gasteiger partial charge in [0.1, 0.15) is 16.3 Å². The standard InChI is InChI=1S/C18H19N3O4S/c1-11(9-22)19-15(23)14-10-26-16(21-14)12-5-7-13(8-6-12)20-17(24)25-18(2,3)4/h5-10H,1H2,2-4H3,(H,19,23)(H,20,24). The normalized spacial score (nSPS) is 10.7. The number of aldehydes is 1. The van der Waals surface area contributed by atoms with Crippen molar-refractivity contribution in [1.82, 2.24) is 10.3 Å². The Kier molecular flexibility index (Phi) is 5.89. The molecule has 2 N–H and O–H groups in total. The van der Waals surface area contributed by atoms with Crippen molar-refractivity contribution in [3.8, 4) is 10.6 Å². The Morgan fingerprint density at radius 2 is 1.88 bits per heavy atom. The number of nitrogens with one attached hydrogen (secondary N) is 2. The molecule has 0 atom stereocenters. The highest BCUT2D eigenvalue weighted by molar-refractivity contribution is 7.13. The summed E-state index contributed by atoms with van der Waals surface area (Å²) in [7, 11) is 0. The molecular formula is C18H19N3O4S. The van der Waals surface area contributed by atoms with Crippen molar-refractivity contribution in [1.29, 1.82) is 0 Å². The second kappa shape index (κ2) is 7.92. The van der Waals surface area contributed by atoms with Crippen molar-refractivity contribution in [3.05, 3.63) is 47.6 Å². The lowest BCUT2D eigenvalue weighted by Crippen LogP contribution is -2.27. The van der Waals surface area contributed by atoms with Gasteiger partial charge < -0.3 is 10.1 Å². The number of amides is 2. The van der Waals surface area contributed by atoms with Crippen LogP contribution in [0.3, 0.4) is 0 Å². The third kappa shape index (κ3) is 5.52. The number of allylic oxidation sites excluding steroid dienone is 1. The molecule has 0 saturated carbocycles. The van der Waals surface area contributed by atoms with Crippen LogP contribution in [-0.2, 0) is 9.53 Å². The van der Waals surface area contributed by atoms with Gasteiger partial charge in [-0.1, -0.05) is 6.58 Å². The predicted molar refractivity (Wildman–Crippen MR) is 100 cm³/mol. The van der Waals surface area contributed by atoms with Crippen LogP contribution in [-0.4, -0.2) is 28.9 Å². The van der Waals surface area contributed by atoms with Gasteiger partial charge in [-0.25, -0.2) is 9.78 Å². The predicted octanol–water partition coefficient (Wildman–Crippen LogP) is 3.60. The molecule has 0 spiro atoms. The lowest BCUT2D eigenvalue weighted by Gasteiger charge is -2.19. The van der Waals surface area contributed by atoms with E-state index in [1.54, 1.807) is 50.4 Å². The fourth-order valence-electron chi connectivity index (χ4n) is 1.87. The van der Waals surface area contributed by atoms with Crippen molar-refractivity contribution in [2.45, 2.75) is 26.4 Å². The quantitative estimate of drug-likeness (QED) is 0.616. The second-order valence-corrected chi connectivity index (χ2v) is 7.20. The zero-order chi connectivity index (χ0) is 19.3. The van der Waals surface area contributed by atoms with E-state index in [-0.39, 0.29) is 11.4 Å². The van der Waals surface area contributed by atoms with Crippen molar-refractivity contribution in [2.24, 2.45) is 0 Å². The van der Waals surface area contributed by atoms with Crippen LogP contribution >= 0.6 is 11.3 Å². The van der Waals surface area contributed by atoms with E-state index in [2.05, 4.69) is 22.2 Å². The molecule has 0 bridgehead atoms. The Bertz CT molecular complexity index is 835. The molecule has 8 heteroatoms. The lowest BCUT2D eigenvalue weighted by atomic mass is 10.2. The molecule has 1 heterocycles. The molecule has 1 aromatic heterocycles. The van der Waals surface area contributed by atoms with Gasteiger partial charge in [0.25, 0.3) is 5.91 Å². The molecule has 2 amide bonds. The van der Waals surface area contributed by atoms with E-state index in [0.29, 0.717) is 17.0 Å². The minimum Gasteiger partial charge on any atom is -0.444 e. The molecule has 136 valence electrons. The van der Waals surface area contributed by atoms with E-state index in [0.717, 1.165) is 5.56 Å². The first-order valence-electron chi connectivity index (χ1n) is 7.69. The van der Waals surface area contributed by atoms with Crippen LogP contribution < -0.4 is 10.6 Å². The number of anilines is 1. The van der Waals surface area contributed by atoms with E-state index in [4.69, 9.17) is 4.74 Å². The molecular weight excluding hydrogens is 354 g/mol. The topological polar surface area (TPSA) is 97.4 Å². The first kappa shape index (κ1) is 19.3. The molecule has 1 aromatic carbocycles. The minimum absolute atomic E-state index is 0.0258. The summed E-state index contributed by atoms with van der Waals surface area (Å²) in [6.45, 7) is 8.75. The number of hydrogen-bond acceptors (Lipinski definition) is 6. The van der Waals surface area contributed by atoms with E-state index < -0.39 is 17.6 Å². The van der Waals surface area contributed by atoms with Crippen LogP contribution in [0.5, 0.6) is 0 Å². The summed E-state index contributed by atoms with van der Waals surface area (Å²) in [4.78, 5) is 38.4. The SMILES string of the molecule is C=C(C=O)NC(=O)c1csc(-c2ccc(NC(=O)OC(C)(C)C)cc2)n1. The number of ether oxygens (including phenoxy) is 1. The van der Waals surface area contributed by atoms with Gasteiger partial charge in [0.15, 0.2) is 6.29 Å². The number of thiazole rings is 1. The molecule has 0 unspecified atom stereocenters. The number of carbonyl (C=O) groups excluding carboxylic acids is 3. The highest BCUT2D eigenvalue weighted by Gasteiger charge is 2.16. The van der Waals surface area contributed by atoms with Crippen LogP contribution in [0.25, 0.3) is 10.6 Å². The number of nitrogens with zero attached hydrogens (tertiary/aromatic N) is 1. The fourth-order valence-corrected chi connectivity index (χ4v) is 2.67. The van der Waals surface area contributed by atoms with Gasteiger partial charge in [0.2, 0.25) is 0 Å². The van der Waals surface area contributed by atoms with Gasteiger partial charge in [-0.05, 0) is 45.0 Å². The molecule has 0 aliphatic rings. The van der Waals surface area contributed by atoms with E-state index in [1.807, 2.05) is 0 Å². The van der Waals surface area contributed by atoms with Gasteiger partial charge in [-0.3, -0.25) is 14.9 Å². The number of rotatable bonds is 5. The van der Waals surface area contributed by atoms with Gasteiger partial charge in [-0.2, -0.15) is 0 Å². The average molecular weight is 373 g/mol. The summed E-state index contributed by atoms with van der Waals surface area (Å²) in [5.74, 6) is -0.493. The molecule has 7 nitrogen and oxygen atoms in total. The Morgan fingerprint density at radius 3 is 2.46 bits per heavy atom. The van der Waals surface area contributed by atoms with E-state index >= 15 is 0 Å².